The van der Waals surface area contributed by atoms with E-state index in [1.54, 1.807) is 0 Å². The summed E-state index contributed by atoms with van der Waals surface area (Å²) in [5.74, 6) is 0.298. The summed E-state index contributed by atoms with van der Waals surface area (Å²) in [6.45, 7) is 8.54. The van der Waals surface area contributed by atoms with Crippen molar-refractivity contribution in [2.24, 2.45) is 0 Å². The molecule has 0 saturated carbocycles. The van der Waals surface area contributed by atoms with Gasteiger partial charge in [-0.25, -0.2) is 0 Å². The normalized spacial score (nSPS) is 12.5. The first-order valence-electron chi connectivity index (χ1n) is 13.3. The molecule has 4 aromatic carbocycles. The highest BCUT2D eigenvalue weighted by molar-refractivity contribution is 9.10. The molecule has 0 N–H and O–H groups in total. The van der Waals surface area contributed by atoms with Gasteiger partial charge >= 0.3 is 0 Å². The Morgan fingerprint density at radius 1 is 0.447 bits per heavy atom. The fourth-order valence-electron chi connectivity index (χ4n) is 5.35. The predicted molar refractivity (Wildman–Crippen MR) is 164 cm³/mol. The summed E-state index contributed by atoms with van der Waals surface area (Å²) < 4.78 is 2.05. The summed E-state index contributed by atoms with van der Waals surface area (Å²) in [5.41, 5.74) is 12.8. The molecule has 2 aliphatic rings. The monoisotopic (exact) mass is 628 g/mol. The lowest BCUT2D eigenvalue weighted by Crippen LogP contribution is -1.96. The quantitative estimate of drug-likeness (QED) is 0.195. The number of rotatable bonds is 4. The van der Waals surface area contributed by atoms with Crippen LogP contribution in [0.3, 0.4) is 0 Å². The number of hydrogen-bond acceptors (Lipinski definition) is 2. The lowest BCUT2D eigenvalue weighted by Gasteiger charge is -2.08. The Morgan fingerprint density at radius 3 is 1.18 bits per heavy atom. The van der Waals surface area contributed by atoms with Crippen LogP contribution in [0.15, 0.2) is 69.6 Å². The van der Waals surface area contributed by atoms with Crippen LogP contribution >= 0.6 is 31.9 Å². The Kier molecular flexibility index (Phi) is 7.57. The molecule has 38 heavy (non-hydrogen) atoms. The Bertz CT molecular complexity index is 1500. The van der Waals surface area contributed by atoms with Crippen LogP contribution in [0.25, 0.3) is 22.3 Å². The molecule has 0 aliphatic heterocycles. The molecule has 192 valence electrons. The van der Waals surface area contributed by atoms with Gasteiger partial charge in [-0.2, -0.15) is 0 Å². The molecule has 0 amide bonds. The molecule has 0 bridgehead atoms. The molecule has 0 heterocycles. The smallest absolute Gasteiger partial charge is 0.194 e. The Hall–Kier alpha value is -2.82. The molecule has 0 unspecified atom stereocenters. The summed E-state index contributed by atoms with van der Waals surface area (Å²) in [7, 11) is 0. The average Bonchev–Trinajstić information content (AvgIpc) is 3.37. The second-order valence-corrected chi connectivity index (χ2v) is 11.5. The van der Waals surface area contributed by atoms with E-state index in [9.17, 15) is 9.59 Å². The van der Waals surface area contributed by atoms with E-state index in [0.717, 1.165) is 79.1 Å². The molecule has 4 aromatic rings. The maximum absolute atomic E-state index is 12.5. The van der Waals surface area contributed by atoms with Crippen LogP contribution in [0.2, 0.25) is 0 Å². The standard InChI is InChI=1S/C17H14Br2O.C17H16O/c1-3-9-5-11-12-6-10(4-2)16(19)8-14(12)17(20)13(11)7-15(9)18;1-3-11-5-7-13-15(9-11)16-10-12(4-2)6-8-14(16)17(13)18/h5-8H,3-4H2,1-2H3;5-10H,3-4H2,1-2H3. The van der Waals surface area contributed by atoms with E-state index in [-0.39, 0.29) is 11.6 Å². The molecule has 4 heteroatoms. The van der Waals surface area contributed by atoms with Crippen molar-refractivity contribution in [2.75, 3.05) is 0 Å². The third-order valence-corrected chi connectivity index (χ3v) is 9.15. The first-order valence-corrected chi connectivity index (χ1v) is 14.9. The Morgan fingerprint density at radius 2 is 0.816 bits per heavy atom. The maximum Gasteiger partial charge on any atom is 0.194 e. The highest BCUT2D eigenvalue weighted by Crippen LogP contribution is 2.42. The van der Waals surface area contributed by atoms with Crippen molar-refractivity contribution in [3.05, 3.63) is 114 Å². The highest BCUT2D eigenvalue weighted by atomic mass is 79.9. The van der Waals surface area contributed by atoms with Crippen molar-refractivity contribution in [1.82, 2.24) is 0 Å². The second kappa shape index (κ2) is 10.7. The summed E-state index contributed by atoms with van der Waals surface area (Å²) in [5, 5.41) is 0. The van der Waals surface area contributed by atoms with Crippen LogP contribution in [-0.2, 0) is 25.7 Å². The summed E-state index contributed by atoms with van der Waals surface area (Å²) in [6.07, 6.45) is 3.91. The van der Waals surface area contributed by atoms with Gasteiger partial charge < -0.3 is 0 Å². The number of hydrogen-bond donors (Lipinski definition) is 0. The van der Waals surface area contributed by atoms with Gasteiger partial charge in [0, 0.05) is 31.2 Å². The van der Waals surface area contributed by atoms with Gasteiger partial charge in [0.2, 0.25) is 0 Å². The van der Waals surface area contributed by atoms with E-state index in [2.05, 4.69) is 96.0 Å². The van der Waals surface area contributed by atoms with Crippen molar-refractivity contribution in [2.45, 2.75) is 53.4 Å². The molecule has 0 spiro atoms. The largest absolute Gasteiger partial charge is 0.289 e. The first kappa shape index (κ1) is 26.8. The predicted octanol–water partition coefficient (Wildman–Crippen LogP) is 9.57. The van der Waals surface area contributed by atoms with Gasteiger partial charge in [0.1, 0.15) is 0 Å². The van der Waals surface area contributed by atoms with E-state index in [1.165, 1.54) is 22.3 Å². The van der Waals surface area contributed by atoms with E-state index in [4.69, 9.17) is 0 Å². The van der Waals surface area contributed by atoms with Crippen molar-refractivity contribution in [3.8, 4) is 22.3 Å². The molecule has 0 aromatic heterocycles. The number of benzene rings is 4. The van der Waals surface area contributed by atoms with Crippen LogP contribution in [-0.4, -0.2) is 11.6 Å². The van der Waals surface area contributed by atoms with Crippen LogP contribution in [0.5, 0.6) is 0 Å². The van der Waals surface area contributed by atoms with Gasteiger partial charge in [-0.15, -0.1) is 0 Å². The number of aryl methyl sites for hydroxylation is 4. The third-order valence-electron chi connectivity index (χ3n) is 7.68. The Balaban J connectivity index is 0.000000156. The molecular formula is C34H30Br2O2. The molecule has 6 rings (SSSR count). The summed E-state index contributed by atoms with van der Waals surface area (Å²) in [4.78, 5) is 24.8. The van der Waals surface area contributed by atoms with E-state index < -0.39 is 0 Å². The zero-order valence-electron chi connectivity index (χ0n) is 22.2. The zero-order valence-corrected chi connectivity index (χ0v) is 25.3. The van der Waals surface area contributed by atoms with E-state index in [1.807, 2.05) is 24.3 Å². The van der Waals surface area contributed by atoms with Gasteiger partial charge in [-0.1, -0.05) is 96.0 Å². The minimum atomic E-state index is 0.127. The number of carbonyl (C=O) groups is 2. The van der Waals surface area contributed by atoms with Gasteiger partial charge in [-0.3, -0.25) is 9.59 Å². The molecule has 0 radical (unpaired) electrons. The van der Waals surface area contributed by atoms with Gasteiger partial charge in [-0.05, 0) is 94.5 Å². The zero-order chi connectivity index (χ0) is 27.1. The van der Waals surface area contributed by atoms with Crippen molar-refractivity contribution < 1.29 is 9.59 Å². The number of fused-ring (bicyclic) bond motifs is 6. The van der Waals surface area contributed by atoms with Crippen molar-refractivity contribution in [3.63, 3.8) is 0 Å². The topological polar surface area (TPSA) is 34.1 Å². The van der Waals surface area contributed by atoms with Gasteiger partial charge in [0.15, 0.2) is 11.6 Å². The molecule has 0 fully saturated rings. The maximum atomic E-state index is 12.5. The van der Waals surface area contributed by atoms with Crippen molar-refractivity contribution in [1.29, 1.82) is 0 Å². The number of ketones is 2. The highest BCUT2D eigenvalue weighted by Gasteiger charge is 2.29. The summed E-state index contributed by atoms with van der Waals surface area (Å²) in [6, 6.07) is 20.6. The minimum Gasteiger partial charge on any atom is -0.289 e. The van der Waals surface area contributed by atoms with Crippen LogP contribution in [0, 0.1) is 0 Å². The molecular weight excluding hydrogens is 600 g/mol. The molecule has 0 atom stereocenters. The molecule has 0 saturated heterocycles. The van der Waals surface area contributed by atoms with Crippen molar-refractivity contribution >= 4 is 43.4 Å². The third kappa shape index (κ3) is 4.52. The lowest BCUT2D eigenvalue weighted by atomic mass is 10.00. The average molecular weight is 630 g/mol. The van der Waals surface area contributed by atoms with Gasteiger partial charge in [0.05, 0.1) is 0 Å². The molecule has 2 aliphatic carbocycles. The SMILES string of the molecule is CCc1cc2c(cc1Br)C(=O)c1cc(Br)c(CC)cc1-2.CCc1ccc2c(c1)-c1cc(CC)ccc1C2=O. The fraction of sp³-hybridized carbons (Fsp3) is 0.235. The Labute approximate surface area is 241 Å². The first-order chi connectivity index (χ1) is 18.3. The van der Waals surface area contributed by atoms with Crippen LogP contribution in [0.1, 0.15) is 81.8 Å². The number of halogens is 2. The summed E-state index contributed by atoms with van der Waals surface area (Å²) >= 11 is 7.13. The lowest BCUT2D eigenvalue weighted by molar-refractivity contribution is 0.103. The second-order valence-electron chi connectivity index (χ2n) is 9.81. The van der Waals surface area contributed by atoms with E-state index >= 15 is 0 Å². The minimum absolute atomic E-state index is 0.127. The number of carbonyl (C=O) groups excluding carboxylic acids is 2. The fourth-order valence-corrected chi connectivity index (χ4v) is 6.60. The van der Waals surface area contributed by atoms with E-state index in [0.29, 0.717) is 0 Å². The molecule has 2 nitrogen and oxygen atoms in total. The van der Waals surface area contributed by atoms with Gasteiger partial charge in [0.25, 0.3) is 0 Å². The van der Waals surface area contributed by atoms with Crippen LogP contribution in [0.4, 0.5) is 0 Å². The van der Waals surface area contributed by atoms with Crippen LogP contribution < -0.4 is 0 Å².